The van der Waals surface area contributed by atoms with Crippen molar-refractivity contribution in [3.63, 3.8) is 0 Å². The van der Waals surface area contributed by atoms with Gasteiger partial charge in [-0.25, -0.2) is 0 Å². The number of aromatic amines is 1. The number of H-pyrrole nitrogens is 1. The van der Waals surface area contributed by atoms with Crippen LogP contribution in [0.1, 0.15) is 25.3 Å². The second-order valence-electron chi connectivity index (χ2n) is 4.23. The molecule has 0 bridgehead atoms. The number of aryl methyl sites for hydroxylation is 1. The lowest BCUT2D eigenvalue weighted by Gasteiger charge is -2.05. The van der Waals surface area contributed by atoms with Gasteiger partial charge in [-0.1, -0.05) is 12.1 Å². The Hall–Kier alpha value is -1.28. The minimum atomic E-state index is 0.315. The predicted octanol–water partition coefficient (Wildman–Crippen LogP) is 2.84. The van der Waals surface area contributed by atoms with Crippen molar-refractivity contribution in [2.75, 3.05) is 0 Å². The van der Waals surface area contributed by atoms with E-state index >= 15 is 0 Å². The van der Waals surface area contributed by atoms with E-state index in [9.17, 15) is 0 Å². The zero-order chi connectivity index (χ0) is 10.7. The van der Waals surface area contributed by atoms with Gasteiger partial charge in [-0.15, -0.1) is 0 Å². The summed E-state index contributed by atoms with van der Waals surface area (Å²) in [5.41, 5.74) is 8.40. The van der Waals surface area contributed by atoms with Gasteiger partial charge in [-0.2, -0.15) is 0 Å². The molecule has 0 aliphatic rings. The van der Waals surface area contributed by atoms with Crippen LogP contribution in [0.15, 0.2) is 30.5 Å². The van der Waals surface area contributed by atoms with E-state index in [0.29, 0.717) is 6.04 Å². The first-order valence-corrected chi connectivity index (χ1v) is 5.58. The maximum atomic E-state index is 5.74. The summed E-state index contributed by atoms with van der Waals surface area (Å²) in [5, 5.41) is 1.35. The van der Waals surface area contributed by atoms with Crippen LogP contribution in [0.3, 0.4) is 0 Å². The van der Waals surface area contributed by atoms with E-state index in [4.69, 9.17) is 5.73 Å². The Morgan fingerprint density at radius 1 is 1.33 bits per heavy atom. The third kappa shape index (κ3) is 2.39. The number of fused-ring (bicyclic) bond motifs is 1. The van der Waals surface area contributed by atoms with Gasteiger partial charge in [-0.05, 0) is 43.9 Å². The number of aromatic nitrogens is 1. The zero-order valence-corrected chi connectivity index (χ0v) is 9.16. The van der Waals surface area contributed by atoms with Crippen LogP contribution in [0.4, 0.5) is 0 Å². The lowest BCUT2D eigenvalue weighted by molar-refractivity contribution is 0.625. The number of nitrogens with two attached hydrogens (primary N) is 1. The molecule has 0 aliphatic heterocycles. The molecule has 0 aliphatic carbocycles. The molecule has 2 heteroatoms. The predicted molar refractivity (Wildman–Crippen MR) is 64.9 cm³/mol. The Bertz CT molecular complexity index is 429. The van der Waals surface area contributed by atoms with Crippen molar-refractivity contribution < 1.29 is 0 Å². The van der Waals surface area contributed by atoms with Gasteiger partial charge in [0.25, 0.3) is 0 Å². The molecule has 0 fully saturated rings. The summed E-state index contributed by atoms with van der Waals surface area (Å²) in [4.78, 5) is 3.23. The summed E-state index contributed by atoms with van der Waals surface area (Å²) in [6, 6.07) is 8.90. The molecule has 15 heavy (non-hydrogen) atoms. The van der Waals surface area contributed by atoms with Crippen molar-refractivity contribution >= 4 is 10.9 Å². The van der Waals surface area contributed by atoms with Gasteiger partial charge < -0.3 is 10.7 Å². The van der Waals surface area contributed by atoms with Gasteiger partial charge in [0.15, 0.2) is 0 Å². The molecule has 0 saturated heterocycles. The van der Waals surface area contributed by atoms with Gasteiger partial charge >= 0.3 is 0 Å². The van der Waals surface area contributed by atoms with E-state index in [1.54, 1.807) is 0 Å². The summed E-state index contributed by atoms with van der Waals surface area (Å²) >= 11 is 0. The smallest absolute Gasteiger partial charge is 0.0456 e. The van der Waals surface area contributed by atoms with Crippen molar-refractivity contribution in [1.29, 1.82) is 0 Å². The molecular formula is C13H18N2. The Labute approximate surface area is 90.5 Å². The fourth-order valence-corrected chi connectivity index (χ4v) is 1.98. The molecule has 2 nitrogen and oxygen atoms in total. The van der Waals surface area contributed by atoms with Crippen LogP contribution in [0.25, 0.3) is 10.9 Å². The minimum absolute atomic E-state index is 0.315. The average Bonchev–Trinajstić information content (AvgIpc) is 2.65. The van der Waals surface area contributed by atoms with Crippen LogP contribution in [-0.2, 0) is 6.42 Å². The van der Waals surface area contributed by atoms with Crippen LogP contribution in [0.5, 0.6) is 0 Å². The lowest BCUT2D eigenvalue weighted by Crippen LogP contribution is -2.14. The molecule has 3 N–H and O–H groups in total. The third-order valence-electron chi connectivity index (χ3n) is 2.79. The first-order valence-electron chi connectivity index (χ1n) is 5.58. The standard InChI is InChI=1S/C13H18N2/c1-10(14)4-2-5-11-6-3-7-13-12(11)8-9-15-13/h3,6-10,15H,2,4-5,14H2,1H3. The molecule has 1 unspecified atom stereocenters. The number of hydrogen-bond acceptors (Lipinski definition) is 1. The summed E-state index contributed by atoms with van der Waals surface area (Å²) in [7, 11) is 0. The first-order chi connectivity index (χ1) is 7.27. The maximum absolute atomic E-state index is 5.74. The second-order valence-corrected chi connectivity index (χ2v) is 4.23. The van der Waals surface area contributed by atoms with E-state index in [2.05, 4.69) is 36.2 Å². The molecule has 1 atom stereocenters. The number of hydrogen-bond donors (Lipinski definition) is 2. The third-order valence-corrected chi connectivity index (χ3v) is 2.79. The Kier molecular flexibility index (Phi) is 3.07. The zero-order valence-electron chi connectivity index (χ0n) is 9.16. The molecule has 1 heterocycles. The van der Waals surface area contributed by atoms with Crippen LogP contribution >= 0.6 is 0 Å². The van der Waals surface area contributed by atoms with Crippen molar-refractivity contribution in [3.8, 4) is 0 Å². The molecule has 1 aromatic heterocycles. The normalized spacial score (nSPS) is 13.2. The van der Waals surface area contributed by atoms with Crippen molar-refractivity contribution in [2.45, 2.75) is 32.2 Å². The molecule has 0 amide bonds. The average molecular weight is 202 g/mol. The fourth-order valence-electron chi connectivity index (χ4n) is 1.98. The van der Waals surface area contributed by atoms with Crippen molar-refractivity contribution in [3.05, 3.63) is 36.0 Å². The van der Waals surface area contributed by atoms with E-state index < -0.39 is 0 Å². The van der Waals surface area contributed by atoms with Gasteiger partial charge in [0.1, 0.15) is 0 Å². The molecule has 0 spiro atoms. The van der Waals surface area contributed by atoms with Gasteiger partial charge in [0, 0.05) is 23.1 Å². The van der Waals surface area contributed by atoms with E-state index in [0.717, 1.165) is 12.8 Å². The lowest BCUT2D eigenvalue weighted by atomic mass is 10.0. The monoisotopic (exact) mass is 202 g/mol. The molecule has 2 rings (SSSR count). The molecule has 80 valence electrons. The van der Waals surface area contributed by atoms with Crippen LogP contribution in [0.2, 0.25) is 0 Å². The second kappa shape index (κ2) is 4.49. The Balaban J connectivity index is 2.10. The van der Waals surface area contributed by atoms with Gasteiger partial charge in [-0.3, -0.25) is 0 Å². The summed E-state index contributed by atoms with van der Waals surface area (Å²) in [6.07, 6.45) is 5.39. The summed E-state index contributed by atoms with van der Waals surface area (Å²) in [5.74, 6) is 0. The SMILES string of the molecule is CC(N)CCCc1cccc2[nH]ccc12. The first kappa shape index (κ1) is 10.2. The highest BCUT2D eigenvalue weighted by molar-refractivity contribution is 5.82. The van der Waals surface area contributed by atoms with Crippen LogP contribution in [-0.4, -0.2) is 11.0 Å². The largest absolute Gasteiger partial charge is 0.361 e. The number of nitrogens with one attached hydrogen (secondary N) is 1. The van der Waals surface area contributed by atoms with Gasteiger partial charge in [0.05, 0.1) is 0 Å². The van der Waals surface area contributed by atoms with Crippen molar-refractivity contribution in [1.82, 2.24) is 4.98 Å². The maximum Gasteiger partial charge on any atom is 0.0456 e. The van der Waals surface area contributed by atoms with E-state index in [1.807, 2.05) is 6.20 Å². The van der Waals surface area contributed by atoms with Crippen molar-refractivity contribution in [2.24, 2.45) is 5.73 Å². The Morgan fingerprint density at radius 2 is 2.20 bits per heavy atom. The molecular weight excluding hydrogens is 184 g/mol. The highest BCUT2D eigenvalue weighted by Gasteiger charge is 2.01. The highest BCUT2D eigenvalue weighted by Crippen LogP contribution is 2.19. The summed E-state index contributed by atoms with van der Waals surface area (Å²) in [6.45, 7) is 2.07. The quantitative estimate of drug-likeness (QED) is 0.786. The van der Waals surface area contributed by atoms with Crippen LogP contribution in [0, 0.1) is 0 Å². The molecule has 0 radical (unpaired) electrons. The summed E-state index contributed by atoms with van der Waals surface area (Å²) < 4.78 is 0. The van der Waals surface area contributed by atoms with E-state index in [-0.39, 0.29) is 0 Å². The molecule has 0 saturated carbocycles. The number of benzene rings is 1. The topological polar surface area (TPSA) is 41.8 Å². The Morgan fingerprint density at radius 3 is 3.00 bits per heavy atom. The van der Waals surface area contributed by atoms with E-state index in [1.165, 1.54) is 22.9 Å². The highest BCUT2D eigenvalue weighted by atomic mass is 14.7. The number of rotatable bonds is 4. The molecule has 2 aromatic rings. The van der Waals surface area contributed by atoms with Crippen LogP contribution < -0.4 is 5.73 Å². The minimum Gasteiger partial charge on any atom is -0.361 e. The molecule has 1 aromatic carbocycles. The fraction of sp³-hybridized carbons (Fsp3) is 0.385. The van der Waals surface area contributed by atoms with Gasteiger partial charge in [0.2, 0.25) is 0 Å².